The van der Waals surface area contributed by atoms with E-state index in [1.165, 1.54) is 23.0 Å². The van der Waals surface area contributed by atoms with Crippen molar-refractivity contribution in [1.29, 1.82) is 0 Å². The van der Waals surface area contributed by atoms with E-state index in [0.717, 1.165) is 54.1 Å². The van der Waals surface area contributed by atoms with Gasteiger partial charge in [-0.2, -0.15) is 0 Å². The minimum atomic E-state index is -2.07. The summed E-state index contributed by atoms with van der Waals surface area (Å²) in [5, 5.41) is 23.3. The molecule has 53 heavy (non-hydrogen) atoms. The van der Waals surface area contributed by atoms with Crippen molar-refractivity contribution in [3.63, 3.8) is 0 Å². The third-order valence-corrected chi connectivity index (χ3v) is 11.1. The second-order valence-electron chi connectivity index (χ2n) is 13.5. The van der Waals surface area contributed by atoms with Crippen LogP contribution in [0.2, 0.25) is 0 Å². The van der Waals surface area contributed by atoms with Crippen LogP contribution < -0.4 is 5.32 Å². The van der Waals surface area contributed by atoms with Crippen LogP contribution in [0.15, 0.2) is 59.1 Å². The lowest BCUT2D eigenvalue weighted by Gasteiger charge is -2.37. The quantitative estimate of drug-likeness (QED) is 0.128. The Balaban J connectivity index is 0.000000214. The molecule has 3 N–H and O–H groups in total. The van der Waals surface area contributed by atoms with Gasteiger partial charge in [0, 0.05) is 22.6 Å². The van der Waals surface area contributed by atoms with Crippen LogP contribution in [-0.4, -0.2) is 93.4 Å². The molecule has 0 spiro atoms. The summed E-state index contributed by atoms with van der Waals surface area (Å²) in [4.78, 5) is 25.1. The van der Waals surface area contributed by atoms with Crippen LogP contribution in [-0.2, 0) is 40.1 Å². The fourth-order valence-corrected chi connectivity index (χ4v) is 7.92. The molecule has 3 heterocycles. The van der Waals surface area contributed by atoms with Crippen molar-refractivity contribution in [2.24, 2.45) is 0 Å². The Labute approximate surface area is 326 Å². The molecule has 0 bridgehead atoms. The highest BCUT2D eigenvalue weighted by molar-refractivity contribution is 9.10. The van der Waals surface area contributed by atoms with Gasteiger partial charge in [-0.15, -0.1) is 12.4 Å². The molecule has 3 aliphatic heterocycles. The van der Waals surface area contributed by atoms with Crippen LogP contribution in [0, 0.1) is 0 Å². The van der Waals surface area contributed by atoms with Crippen molar-refractivity contribution in [2.75, 3.05) is 46.3 Å². The average Bonchev–Trinajstić information content (AvgIpc) is 3.17. The first-order chi connectivity index (χ1) is 24.9. The summed E-state index contributed by atoms with van der Waals surface area (Å²) in [6, 6.07) is 17.1. The number of carbonyl (C=O) groups excluding carboxylic acids is 2. The number of rotatable bonds is 10. The number of fused-ring (bicyclic) bond motifs is 3. The maximum absolute atomic E-state index is 13.0. The topological polar surface area (TPSA) is 93.1 Å². The molecule has 0 amide bonds. The molecule has 7 nitrogen and oxygen atoms in total. The van der Waals surface area contributed by atoms with Gasteiger partial charge in [0.25, 0.3) is 14.8 Å². The van der Waals surface area contributed by atoms with Gasteiger partial charge < -0.3 is 34.7 Å². The summed E-state index contributed by atoms with van der Waals surface area (Å²) in [5.41, 5.74) is 2.94. The first kappa shape index (κ1) is 44.8. The van der Waals surface area contributed by atoms with Gasteiger partial charge in [0.1, 0.15) is 37.9 Å². The van der Waals surface area contributed by atoms with Crippen LogP contribution in [0.5, 0.6) is 0 Å². The van der Waals surface area contributed by atoms with Gasteiger partial charge in [-0.25, -0.2) is 17.6 Å². The van der Waals surface area contributed by atoms with E-state index in [0.29, 0.717) is 30.5 Å². The van der Waals surface area contributed by atoms with E-state index < -0.39 is 37.9 Å². The van der Waals surface area contributed by atoms with Gasteiger partial charge in [-0.1, -0.05) is 64.5 Å². The van der Waals surface area contributed by atoms with Crippen molar-refractivity contribution in [1.82, 2.24) is 14.9 Å². The monoisotopic (exact) mass is 821 g/mol. The van der Waals surface area contributed by atoms with Crippen LogP contribution in [0.25, 0.3) is 0 Å². The fraction of sp³-hybridized carbons (Fsp3) is 0.474. The Hall–Kier alpha value is -2.58. The maximum Gasteiger partial charge on any atom is 0.293 e. The van der Waals surface area contributed by atoms with Gasteiger partial charge >= 0.3 is 0 Å². The third kappa shape index (κ3) is 10.00. The van der Waals surface area contributed by atoms with Crippen LogP contribution in [0.1, 0.15) is 83.4 Å². The SMILES string of the molecule is C[C@@H]1NCCc2c1cccc2C(O)(CF)CF.C[C@H]1c2cccc(Br)c2CCN1[B]C=O.C[C@H]1c2cccc(C(O)(CF)CF)c2CCN1[B]C=O.Cl. The molecule has 0 aromatic heterocycles. The molecule has 0 saturated carbocycles. The number of hydrogen-bond acceptors (Lipinski definition) is 7. The summed E-state index contributed by atoms with van der Waals surface area (Å²) in [6.07, 6.45) is 3.82. The molecular weight excluding hydrogens is 775 g/mol. The van der Waals surface area contributed by atoms with Crippen molar-refractivity contribution >= 4 is 55.5 Å². The van der Waals surface area contributed by atoms with E-state index in [4.69, 9.17) is 0 Å². The molecule has 0 saturated heterocycles. The van der Waals surface area contributed by atoms with Crippen LogP contribution in [0.3, 0.4) is 0 Å². The van der Waals surface area contributed by atoms with Crippen molar-refractivity contribution < 1.29 is 37.4 Å². The van der Waals surface area contributed by atoms with E-state index in [9.17, 15) is 37.4 Å². The second kappa shape index (κ2) is 20.4. The molecule has 3 aromatic carbocycles. The Morgan fingerprint density at radius 1 is 0.717 bits per heavy atom. The average molecular weight is 823 g/mol. The van der Waals surface area contributed by atoms with Crippen molar-refractivity contribution in [3.8, 4) is 0 Å². The van der Waals surface area contributed by atoms with Gasteiger partial charge in [-0.3, -0.25) is 0 Å². The van der Waals surface area contributed by atoms with Crippen molar-refractivity contribution in [2.45, 2.75) is 69.4 Å². The standard InChI is InChI=1S/C14H17BF2NO2.C13H17F2NO.C11H12BBrNO.ClH/c1-10-11-3-2-4-13(14(20,7-16)8-17)12(11)5-6-18(10)15-9-19;1-9-10-3-2-4-12(11(10)5-6-16-9)13(17,7-14)8-15;1-8-9-3-2-4-11(13)10(9)5-6-14(8)12-7-15;/h2-4,9-10,20H,5-8H2,1H3;2-4,9,16-17H,5-8H2,1H3;2-4,7-8H,5-6H2,1H3;1H/t10-;9-;8-;/m000./s1. The minimum Gasteiger partial charge on any atom is -0.380 e. The summed E-state index contributed by atoms with van der Waals surface area (Å²) in [5.74, 6) is 0. The first-order valence-corrected chi connectivity index (χ1v) is 18.2. The maximum atomic E-state index is 13.0. The number of hydrogen-bond donors (Lipinski definition) is 3. The molecule has 3 aromatic rings. The zero-order chi connectivity index (χ0) is 38.1. The van der Waals surface area contributed by atoms with Crippen LogP contribution >= 0.6 is 28.3 Å². The number of nitrogens with one attached hydrogen (secondary N) is 1. The molecule has 2 radical (unpaired) electrons. The number of nitrogens with zero attached hydrogens (tertiary/aromatic N) is 2. The Morgan fingerprint density at radius 2 is 1.13 bits per heavy atom. The Morgan fingerprint density at radius 3 is 1.60 bits per heavy atom. The normalized spacial score (nSPS) is 19.7. The lowest BCUT2D eigenvalue weighted by molar-refractivity contribution is -0.0122. The van der Waals surface area contributed by atoms with Gasteiger partial charge in [0.2, 0.25) is 0 Å². The summed E-state index contributed by atoms with van der Waals surface area (Å²) >= 11 is 3.57. The lowest BCUT2D eigenvalue weighted by Crippen LogP contribution is -2.40. The molecule has 0 aliphatic carbocycles. The third-order valence-electron chi connectivity index (χ3n) is 10.4. The predicted molar refractivity (Wildman–Crippen MR) is 209 cm³/mol. The molecule has 0 fully saturated rings. The fourth-order valence-electron chi connectivity index (χ4n) is 7.34. The van der Waals surface area contributed by atoms with E-state index in [1.807, 2.05) is 36.9 Å². The largest absolute Gasteiger partial charge is 0.380 e. The second-order valence-corrected chi connectivity index (χ2v) is 14.3. The predicted octanol–water partition coefficient (Wildman–Crippen LogP) is 6.16. The minimum absolute atomic E-state index is 0. The number of aliphatic hydroxyl groups is 2. The highest BCUT2D eigenvalue weighted by Gasteiger charge is 2.36. The smallest absolute Gasteiger partial charge is 0.293 e. The molecule has 3 atom stereocenters. The molecule has 3 aliphatic rings. The van der Waals surface area contributed by atoms with Gasteiger partial charge in [-0.05, 0) is 110 Å². The molecule has 286 valence electrons. The van der Waals surface area contributed by atoms with E-state index >= 15 is 0 Å². The Bertz CT molecular complexity index is 1670. The molecule has 6 rings (SSSR count). The van der Waals surface area contributed by atoms with E-state index in [2.05, 4.69) is 45.1 Å². The molecular formula is C38H47B2BrClF4N3O4. The molecule has 0 unspecified atom stereocenters. The van der Waals surface area contributed by atoms with E-state index in [1.54, 1.807) is 31.7 Å². The van der Waals surface area contributed by atoms with Gasteiger partial charge in [0.15, 0.2) is 0 Å². The number of alkyl halides is 4. The number of benzene rings is 3. The van der Waals surface area contributed by atoms with Crippen LogP contribution in [0.4, 0.5) is 17.6 Å². The van der Waals surface area contributed by atoms with Gasteiger partial charge in [0.05, 0.1) is 12.4 Å². The Kier molecular flexibility index (Phi) is 17.2. The zero-order valence-corrected chi connectivity index (χ0v) is 32.6. The summed E-state index contributed by atoms with van der Waals surface area (Å²) in [7, 11) is 3.10. The lowest BCUT2D eigenvalue weighted by atomic mass is 9.79. The number of carbonyl (C=O) groups is 2. The summed E-state index contributed by atoms with van der Waals surface area (Å²) < 4.78 is 53.0. The summed E-state index contributed by atoms with van der Waals surface area (Å²) in [6.45, 7) is 3.82. The highest BCUT2D eigenvalue weighted by Crippen LogP contribution is 2.37. The highest BCUT2D eigenvalue weighted by atomic mass is 79.9. The zero-order valence-electron chi connectivity index (χ0n) is 30.2. The molecule has 15 heteroatoms. The van der Waals surface area contributed by atoms with Crippen molar-refractivity contribution in [3.05, 3.63) is 104 Å². The first-order valence-electron chi connectivity index (χ1n) is 17.5. The number of halogens is 6. The van der Waals surface area contributed by atoms with E-state index in [-0.39, 0.29) is 30.5 Å².